The van der Waals surface area contributed by atoms with E-state index in [4.69, 9.17) is 4.74 Å². The summed E-state index contributed by atoms with van der Waals surface area (Å²) in [6.07, 6.45) is 1.31. The average Bonchev–Trinajstić information content (AvgIpc) is 2.18. The maximum absolute atomic E-state index is 11.7. The molecule has 3 heteroatoms. The van der Waals surface area contributed by atoms with Crippen LogP contribution in [-0.4, -0.2) is 42.5 Å². The summed E-state index contributed by atoms with van der Waals surface area (Å²) in [7, 11) is 0. The lowest BCUT2D eigenvalue weighted by molar-refractivity contribution is -0.127. The first-order chi connectivity index (χ1) is 7.04. The van der Waals surface area contributed by atoms with E-state index in [0.29, 0.717) is 18.4 Å². The molecular weight excluding hydrogens is 190 g/mol. The molecule has 0 spiro atoms. The summed E-state index contributed by atoms with van der Waals surface area (Å²) >= 11 is 0. The molecule has 0 amide bonds. The van der Waals surface area contributed by atoms with Crippen LogP contribution in [-0.2, 0) is 9.53 Å². The monoisotopic (exact) mass is 213 g/mol. The Morgan fingerprint density at radius 1 is 1.53 bits per heavy atom. The minimum absolute atomic E-state index is 0.139. The third-order valence-corrected chi connectivity index (χ3v) is 3.06. The van der Waals surface area contributed by atoms with Crippen LogP contribution in [0.25, 0.3) is 0 Å². The van der Waals surface area contributed by atoms with Gasteiger partial charge < -0.3 is 4.74 Å². The molecule has 0 bridgehead atoms. The van der Waals surface area contributed by atoms with Crippen molar-refractivity contribution in [2.45, 2.75) is 46.3 Å². The highest BCUT2D eigenvalue weighted by Gasteiger charge is 2.27. The van der Waals surface area contributed by atoms with Gasteiger partial charge in [-0.05, 0) is 13.3 Å². The van der Waals surface area contributed by atoms with Crippen molar-refractivity contribution in [3.8, 4) is 0 Å². The number of hydrogen-bond donors (Lipinski definition) is 0. The summed E-state index contributed by atoms with van der Waals surface area (Å²) in [5.74, 6) is 0.475. The van der Waals surface area contributed by atoms with Gasteiger partial charge in [-0.3, -0.25) is 9.69 Å². The molecule has 1 fully saturated rings. The van der Waals surface area contributed by atoms with E-state index in [1.165, 1.54) is 0 Å². The first kappa shape index (κ1) is 12.7. The lowest BCUT2D eigenvalue weighted by Gasteiger charge is -2.38. The van der Waals surface area contributed by atoms with Crippen LogP contribution in [0, 0.1) is 5.92 Å². The molecule has 1 rings (SSSR count). The van der Waals surface area contributed by atoms with E-state index in [-0.39, 0.29) is 12.0 Å². The maximum atomic E-state index is 11.7. The quantitative estimate of drug-likeness (QED) is 0.712. The van der Waals surface area contributed by atoms with Crippen LogP contribution in [0.4, 0.5) is 0 Å². The van der Waals surface area contributed by atoms with Crippen molar-refractivity contribution in [2.24, 2.45) is 5.92 Å². The number of rotatable bonds is 4. The lowest BCUT2D eigenvalue weighted by atomic mass is 10.1. The number of morpholine rings is 1. The van der Waals surface area contributed by atoms with Crippen molar-refractivity contribution in [1.82, 2.24) is 4.90 Å². The van der Waals surface area contributed by atoms with Gasteiger partial charge in [0.2, 0.25) is 0 Å². The molecule has 0 aromatic rings. The Hall–Kier alpha value is -0.410. The number of ether oxygens (including phenoxy) is 1. The highest BCUT2D eigenvalue weighted by Crippen LogP contribution is 2.14. The second-order valence-corrected chi connectivity index (χ2v) is 4.76. The van der Waals surface area contributed by atoms with Crippen molar-refractivity contribution < 1.29 is 9.53 Å². The van der Waals surface area contributed by atoms with E-state index < -0.39 is 0 Å². The second kappa shape index (κ2) is 5.61. The Bertz CT molecular complexity index is 216. The first-order valence-corrected chi connectivity index (χ1v) is 5.93. The molecule has 0 aromatic heterocycles. The van der Waals surface area contributed by atoms with Gasteiger partial charge in [-0.15, -0.1) is 0 Å². The molecule has 2 unspecified atom stereocenters. The molecule has 1 heterocycles. The van der Waals surface area contributed by atoms with Gasteiger partial charge in [0.05, 0.1) is 19.3 Å². The van der Waals surface area contributed by atoms with Crippen LogP contribution in [0.3, 0.4) is 0 Å². The number of Topliss-reactive ketones (excluding diaryl/α,β-unsaturated/α-hetero) is 1. The van der Waals surface area contributed by atoms with Crippen molar-refractivity contribution in [3.05, 3.63) is 0 Å². The summed E-state index contributed by atoms with van der Waals surface area (Å²) in [5, 5.41) is 0. The molecule has 15 heavy (non-hydrogen) atoms. The fraction of sp³-hybridized carbons (Fsp3) is 0.917. The Morgan fingerprint density at radius 2 is 2.20 bits per heavy atom. The van der Waals surface area contributed by atoms with E-state index in [0.717, 1.165) is 19.6 Å². The molecule has 1 saturated heterocycles. The third kappa shape index (κ3) is 3.58. The molecule has 0 radical (unpaired) electrons. The summed E-state index contributed by atoms with van der Waals surface area (Å²) < 4.78 is 5.60. The Balaban J connectivity index is 2.52. The third-order valence-electron chi connectivity index (χ3n) is 3.06. The lowest BCUT2D eigenvalue weighted by Crippen LogP contribution is -2.50. The highest BCUT2D eigenvalue weighted by molar-refractivity contribution is 5.82. The topological polar surface area (TPSA) is 29.5 Å². The van der Waals surface area contributed by atoms with Crippen LogP contribution >= 0.6 is 0 Å². The smallest absolute Gasteiger partial charge is 0.149 e. The van der Waals surface area contributed by atoms with E-state index in [1.54, 1.807) is 0 Å². The number of ketones is 1. The largest absolute Gasteiger partial charge is 0.376 e. The highest BCUT2D eigenvalue weighted by atomic mass is 16.5. The molecule has 0 saturated carbocycles. The molecule has 1 aliphatic rings. The van der Waals surface area contributed by atoms with Gasteiger partial charge in [0, 0.05) is 18.5 Å². The molecular formula is C12H23NO2. The average molecular weight is 213 g/mol. The maximum Gasteiger partial charge on any atom is 0.149 e. The van der Waals surface area contributed by atoms with Crippen LogP contribution in [0.15, 0.2) is 0 Å². The van der Waals surface area contributed by atoms with Crippen LogP contribution in [0.5, 0.6) is 0 Å². The number of carbonyl (C=O) groups excluding carboxylic acids is 1. The molecule has 3 nitrogen and oxygen atoms in total. The molecule has 88 valence electrons. The zero-order chi connectivity index (χ0) is 11.4. The van der Waals surface area contributed by atoms with Gasteiger partial charge in [-0.1, -0.05) is 20.8 Å². The van der Waals surface area contributed by atoms with E-state index in [1.807, 2.05) is 13.8 Å². The van der Waals surface area contributed by atoms with Gasteiger partial charge in [0.25, 0.3) is 0 Å². The van der Waals surface area contributed by atoms with Crippen molar-refractivity contribution in [3.63, 3.8) is 0 Å². The number of hydrogen-bond acceptors (Lipinski definition) is 3. The van der Waals surface area contributed by atoms with Crippen LogP contribution in [0.1, 0.15) is 34.1 Å². The minimum atomic E-state index is 0.139. The number of carbonyl (C=O) groups is 1. The second-order valence-electron chi connectivity index (χ2n) is 4.76. The number of nitrogens with zero attached hydrogens (tertiary/aromatic N) is 1. The van der Waals surface area contributed by atoms with Gasteiger partial charge in [-0.25, -0.2) is 0 Å². The molecule has 0 aliphatic carbocycles. The van der Waals surface area contributed by atoms with E-state index in [2.05, 4.69) is 18.7 Å². The summed E-state index contributed by atoms with van der Waals surface area (Å²) in [6.45, 7) is 10.4. The van der Waals surface area contributed by atoms with E-state index in [9.17, 15) is 4.79 Å². The zero-order valence-electron chi connectivity index (χ0n) is 10.3. The molecule has 0 aromatic carbocycles. The standard InChI is InChI=1S/C12H23NO2/c1-5-11-8-15-10(4)6-13(11)7-12(14)9(2)3/h9-11H,5-8H2,1-4H3. The molecule has 2 atom stereocenters. The summed E-state index contributed by atoms with van der Waals surface area (Å²) in [4.78, 5) is 14.0. The fourth-order valence-electron chi connectivity index (χ4n) is 1.87. The van der Waals surface area contributed by atoms with Crippen molar-refractivity contribution in [1.29, 1.82) is 0 Å². The SMILES string of the molecule is CCC1COC(C)CN1CC(=O)C(C)C. The van der Waals surface area contributed by atoms with Crippen LogP contribution < -0.4 is 0 Å². The first-order valence-electron chi connectivity index (χ1n) is 5.93. The van der Waals surface area contributed by atoms with Crippen molar-refractivity contribution in [2.75, 3.05) is 19.7 Å². The Morgan fingerprint density at radius 3 is 2.73 bits per heavy atom. The Labute approximate surface area is 92.8 Å². The van der Waals surface area contributed by atoms with Gasteiger partial charge >= 0.3 is 0 Å². The van der Waals surface area contributed by atoms with Crippen molar-refractivity contribution >= 4 is 5.78 Å². The van der Waals surface area contributed by atoms with E-state index >= 15 is 0 Å². The summed E-state index contributed by atoms with van der Waals surface area (Å²) in [5.41, 5.74) is 0. The zero-order valence-corrected chi connectivity index (χ0v) is 10.3. The molecule has 1 aliphatic heterocycles. The van der Waals surface area contributed by atoms with Crippen LogP contribution in [0.2, 0.25) is 0 Å². The predicted molar refractivity (Wildman–Crippen MR) is 60.9 cm³/mol. The molecule has 0 N–H and O–H groups in total. The van der Waals surface area contributed by atoms with Gasteiger partial charge in [0.15, 0.2) is 0 Å². The predicted octanol–water partition coefficient (Wildman–Crippen LogP) is 1.71. The normalized spacial score (nSPS) is 28.3. The van der Waals surface area contributed by atoms with Gasteiger partial charge in [0.1, 0.15) is 5.78 Å². The van der Waals surface area contributed by atoms with Gasteiger partial charge in [-0.2, -0.15) is 0 Å². The Kier molecular flexibility index (Phi) is 4.74. The summed E-state index contributed by atoms with van der Waals surface area (Å²) in [6, 6.07) is 0.420. The fourth-order valence-corrected chi connectivity index (χ4v) is 1.87. The minimum Gasteiger partial charge on any atom is -0.376 e.